The summed E-state index contributed by atoms with van der Waals surface area (Å²) in [6, 6.07) is 0. The number of hydrogen-bond donors (Lipinski definition) is 1. The minimum absolute atomic E-state index is 0.00764. The van der Waals surface area contributed by atoms with Crippen LogP contribution in [0.4, 0.5) is 0 Å². The fraction of sp³-hybridized carbons (Fsp3) is 0.556. The van der Waals surface area contributed by atoms with Crippen molar-refractivity contribution >= 4 is 11.9 Å². The van der Waals surface area contributed by atoms with Gasteiger partial charge < -0.3 is 5.73 Å². The SMILES string of the molecule is C=C(N)N=CC(=NC)C(C)(C)C. The molecule has 0 rings (SSSR count). The van der Waals surface area contributed by atoms with Crippen LogP contribution in [-0.2, 0) is 0 Å². The third kappa shape index (κ3) is 3.91. The van der Waals surface area contributed by atoms with E-state index in [2.05, 4.69) is 37.3 Å². The molecule has 0 bridgehead atoms. The predicted molar refractivity (Wildman–Crippen MR) is 54.6 cm³/mol. The van der Waals surface area contributed by atoms with Gasteiger partial charge in [-0.1, -0.05) is 27.4 Å². The first-order chi connectivity index (χ1) is 5.38. The van der Waals surface area contributed by atoms with E-state index >= 15 is 0 Å². The summed E-state index contributed by atoms with van der Waals surface area (Å²) in [5.74, 6) is 0.306. The summed E-state index contributed by atoms with van der Waals surface area (Å²) in [5, 5.41) is 0. The van der Waals surface area contributed by atoms with Crippen molar-refractivity contribution in [2.75, 3.05) is 7.05 Å². The maximum atomic E-state index is 5.29. The van der Waals surface area contributed by atoms with Gasteiger partial charge in [0.2, 0.25) is 0 Å². The second-order valence-electron chi connectivity index (χ2n) is 3.61. The molecule has 68 valence electrons. The van der Waals surface area contributed by atoms with Crippen LogP contribution in [0.2, 0.25) is 0 Å². The molecule has 0 radical (unpaired) electrons. The maximum absolute atomic E-state index is 5.29. The first kappa shape index (κ1) is 10.9. The zero-order valence-electron chi connectivity index (χ0n) is 8.26. The minimum atomic E-state index is 0.00764. The molecule has 0 atom stereocenters. The van der Waals surface area contributed by atoms with Crippen LogP contribution in [0, 0.1) is 5.41 Å². The molecule has 0 heterocycles. The summed E-state index contributed by atoms with van der Waals surface area (Å²) in [6.45, 7) is 9.68. The van der Waals surface area contributed by atoms with E-state index in [9.17, 15) is 0 Å². The first-order valence-electron chi connectivity index (χ1n) is 3.83. The van der Waals surface area contributed by atoms with Gasteiger partial charge >= 0.3 is 0 Å². The Morgan fingerprint density at radius 1 is 1.42 bits per heavy atom. The van der Waals surface area contributed by atoms with Gasteiger partial charge in [-0.15, -0.1) is 0 Å². The molecule has 0 aliphatic heterocycles. The van der Waals surface area contributed by atoms with E-state index < -0.39 is 0 Å². The quantitative estimate of drug-likeness (QED) is 0.624. The van der Waals surface area contributed by atoms with Crippen LogP contribution >= 0.6 is 0 Å². The van der Waals surface area contributed by atoms with Crippen LogP contribution in [0.1, 0.15) is 20.8 Å². The zero-order chi connectivity index (χ0) is 9.78. The number of nitrogens with zero attached hydrogens (tertiary/aromatic N) is 2. The van der Waals surface area contributed by atoms with E-state index in [-0.39, 0.29) is 5.41 Å². The Kier molecular flexibility index (Phi) is 3.67. The van der Waals surface area contributed by atoms with Gasteiger partial charge in [0, 0.05) is 12.5 Å². The zero-order valence-corrected chi connectivity index (χ0v) is 8.26. The van der Waals surface area contributed by atoms with Crippen LogP contribution < -0.4 is 5.73 Å². The van der Waals surface area contributed by atoms with Crippen molar-refractivity contribution in [2.24, 2.45) is 21.1 Å². The summed E-state index contributed by atoms with van der Waals surface area (Å²) in [7, 11) is 1.74. The van der Waals surface area contributed by atoms with Crippen molar-refractivity contribution in [1.29, 1.82) is 0 Å². The van der Waals surface area contributed by atoms with Gasteiger partial charge in [0.1, 0.15) is 5.82 Å². The van der Waals surface area contributed by atoms with Crippen LogP contribution in [0.15, 0.2) is 22.4 Å². The Morgan fingerprint density at radius 2 is 1.92 bits per heavy atom. The summed E-state index contributed by atoms with van der Waals surface area (Å²) in [5.41, 5.74) is 6.21. The van der Waals surface area contributed by atoms with Crippen molar-refractivity contribution < 1.29 is 0 Å². The summed E-state index contributed by atoms with van der Waals surface area (Å²) >= 11 is 0. The maximum Gasteiger partial charge on any atom is 0.116 e. The molecule has 0 aromatic heterocycles. The van der Waals surface area contributed by atoms with Crippen LogP contribution in [0.5, 0.6) is 0 Å². The third-order valence-electron chi connectivity index (χ3n) is 1.36. The lowest BCUT2D eigenvalue weighted by atomic mass is 9.90. The molecule has 0 aliphatic carbocycles. The smallest absolute Gasteiger partial charge is 0.116 e. The van der Waals surface area contributed by atoms with E-state index in [1.165, 1.54) is 0 Å². The van der Waals surface area contributed by atoms with E-state index in [0.29, 0.717) is 5.82 Å². The van der Waals surface area contributed by atoms with E-state index in [1.807, 2.05) is 0 Å². The lowest BCUT2D eigenvalue weighted by Gasteiger charge is -2.17. The van der Waals surface area contributed by atoms with Gasteiger partial charge in [0.25, 0.3) is 0 Å². The highest BCUT2D eigenvalue weighted by molar-refractivity contribution is 6.32. The summed E-state index contributed by atoms with van der Waals surface area (Å²) in [6.07, 6.45) is 1.66. The Bertz CT molecular complexity index is 218. The van der Waals surface area contributed by atoms with E-state index in [4.69, 9.17) is 5.73 Å². The second kappa shape index (κ2) is 4.04. The lowest BCUT2D eigenvalue weighted by Crippen LogP contribution is -2.21. The minimum Gasteiger partial charge on any atom is -0.384 e. The predicted octanol–water partition coefficient (Wildman–Crippen LogP) is 1.60. The molecule has 3 heteroatoms. The highest BCUT2D eigenvalue weighted by atomic mass is 14.9. The Morgan fingerprint density at radius 3 is 2.17 bits per heavy atom. The summed E-state index contributed by atoms with van der Waals surface area (Å²) < 4.78 is 0. The van der Waals surface area contributed by atoms with Crippen LogP contribution in [0.25, 0.3) is 0 Å². The topological polar surface area (TPSA) is 50.7 Å². The Balaban J connectivity index is 4.53. The fourth-order valence-corrected chi connectivity index (χ4v) is 0.731. The first-order valence-corrected chi connectivity index (χ1v) is 3.83. The molecule has 3 nitrogen and oxygen atoms in total. The Labute approximate surface area is 74.1 Å². The largest absolute Gasteiger partial charge is 0.384 e. The molecule has 0 unspecified atom stereocenters. The molecule has 0 amide bonds. The highest BCUT2D eigenvalue weighted by Crippen LogP contribution is 2.14. The molecule has 12 heavy (non-hydrogen) atoms. The molecular formula is C9H17N3. The van der Waals surface area contributed by atoms with Crippen LogP contribution in [0.3, 0.4) is 0 Å². The highest BCUT2D eigenvalue weighted by Gasteiger charge is 2.15. The molecule has 0 spiro atoms. The molecule has 0 aromatic carbocycles. The molecule has 0 aliphatic rings. The van der Waals surface area contributed by atoms with Gasteiger partial charge in [-0.05, 0) is 0 Å². The molecule has 2 N–H and O–H groups in total. The third-order valence-corrected chi connectivity index (χ3v) is 1.36. The normalized spacial score (nSPS) is 13.8. The van der Waals surface area contributed by atoms with Gasteiger partial charge in [-0.3, -0.25) is 4.99 Å². The van der Waals surface area contributed by atoms with Gasteiger partial charge in [-0.25, -0.2) is 4.99 Å². The number of hydrogen-bond acceptors (Lipinski definition) is 3. The second-order valence-corrected chi connectivity index (χ2v) is 3.61. The standard InChI is InChI=1S/C9H17N3/c1-7(10)12-6-8(11-5)9(2,3)4/h6H,1,10H2,2-5H3. The van der Waals surface area contributed by atoms with Gasteiger partial charge in [-0.2, -0.15) is 0 Å². The van der Waals surface area contributed by atoms with E-state index in [0.717, 1.165) is 5.71 Å². The van der Waals surface area contributed by atoms with Crippen molar-refractivity contribution in [1.82, 2.24) is 0 Å². The summed E-state index contributed by atoms with van der Waals surface area (Å²) in [4.78, 5) is 7.99. The molecule has 0 saturated heterocycles. The molecule has 0 saturated carbocycles. The molecule has 0 aromatic rings. The van der Waals surface area contributed by atoms with Crippen LogP contribution in [-0.4, -0.2) is 19.0 Å². The molecule has 0 fully saturated rings. The average molecular weight is 167 g/mol. The Hall–Kier alpha value is -1.12. The molecular weight excluding hydrogens is 150 g/mol. The average Bonchev–Trinajstić information content (AvgIpc) is 1.85. The van der Waals surface area contributed by atoms with Crippen molar-refractivity contribution in [2.45, 2.75) is 20.8 Å². The van der Waals surface area contributed by atoms with Crippen molar-refractivity contribution in [3.05, 3.63) is 12.4 Å². The lowest BCUT2D eigenvalue weighted by molar-refractivity contribution is 0.598. The van der Waals surface area contributed by atoms with Crippen molar-refractivity contribution in [3.63, 3.8) is 0 Å². The number of aliphatic imine (C=N–C) groups is 2. The fourth-order valence-electron chi connectivity index (χ4n) is 0.731. The number of rotatable bonds is 2. The van der Waals surface area contributed by atoms with Gasteiger partial charge in [0.15, 0.2) is 0 Å². The monoisotopic (exact) mass is 167 g/mol. The number of nitrogens with two attached hydrogens (primary N) is 1. The van der Waals surface area contributed by atoms with Gasteiger partial charge in [0.05, 0.1) is 11.9 Å². The van der Waals surface area contributed by atoms with E-state index in [1.54, 1.807) is 13.3 Å². The van der Waals surface area contributed by atoms with Crippen molar-refractivity contribution in [3.8, 4) is 0 Å².